The molecular weight excluding hydrogens is 412 g/mol. The van der Waals surface area contributed by atoms with Crippen molar-refractivity contribution in [3.63, 3.8) is 0 Å². The largest absolute Gasteiger partial charge is 0.400 e. The molecule has 2 aromatic rings. The average molecular weight is 447 g/mol. The van der Waals surface area contributed by atoms with Crippen LogP contribution in [0.1, 0.15) is 48.4 Å². The quantitative estimate of drug-likeness (QED) is 0.381. The summed E-state index contributed by atoms with van der Waals surface area (Å²) in [6, 6.07) is 12.7. The molecule has 0 saturated carbocycles. The van der Waals surface area contributed by atoms with Gasteiger partial charge in [-0.1, -0.05) is 0 Å². The highest BCUT2D eigenvalue weighted by Crippen LogP contribution is 2.13. The normalized spacial score (nSPS) is 9.44. The van der Waals surface area contributed by atoms with Gasteiger partial charge < -0.3 is 20.6 Å². The third-order valence-electron chi connectivity index (χ3n) is 4.58. The molecule has 0 aromatic heterocycles. The second kappa shape index (κ2) is 15.4. The van der Waals surface area contributed by atoms with E-state index in [1.54, 1.807) is 34.1 Å². The molecule has 2 rings (SSSR count). The second-order valence-electron chi connectivity index (χ2n) is 6.38. The number of rotatable bonds is 7. The van der Waals surface area contributed by atoms with Crippen LogP contribution in [0.3, 0.4) is 0 Å². The van der Waals surface area contributed by atoms with Gasteiger partial charge in [0.15, 0.2) is 0 Å². The Morgan fingerprint density at radius 3 is 1.38 bits per heavy atom. The van der Waals surface area contributed by atoms with E-state index in [4.69, 9.17) is 10.8 Å². The molecule has 0 bridgehead atoms. The first-order chi connectivity index (χ1) is 15.3. The van der Waals surface area contributed by atoms with Crippen molar-refractivity contribution in [2.24, 2.45) is 0 Å². The Labute approximate surface area is 189 Å². The highest BCUT2D eigenvalue weighted by Gasteiger charge is 2.14. The summed E-state index contributed by atoms with van der Waals surface area (Å²) in [7, 11) is 1.00. The maximum absolute atomic E-state index is 11.8. The minimum atomic E-state index is -0.480. The first kappa shape index (κ1) is 28.5. The Balaban J connectivity index is 0.000000561. The molecule has 9 nitrogen and oxygen atoms in total. The minimum absolute atomic E-state index is 0.00361. The van der Waals surface area contributed by atoms with E-state index in [9.17, 15) is 19.7 Å². The van der Waals surface area contributed by atoms with Crippen molar-refractivity contribution < 1.29 is 19.6 Å². The Morgan fingerprint density at radius 2 is 1.09 bits per heavy atom. The van der Waals surface area contributed by atoms with Crippen LogP contribution in [-0.2, 0) is 0 Å². The zero-order valence-electron chi connectivity index (χ0n) is 19.4. The topological polar surface area (TPSA) is 130 Å². The third-order valence-corrected chi connectivity index (χ3v) is 4.58. The fourth-order valence-corrected chi connectivity index (χ4v) is 2.74. The summed E-state index contributed by atoms with van der Waals surface area (Å²) in [5.41, 5.74) is 7.40. The van der Waals surface area contributed by atoms with Gasteiger partial charge in [-0.3, -0.25) is 19.7 Å². The number of aliphatic hydroxyl groups is 1. The Kier molecular flexibility index (Phi) is 13.7. The van der Waals surface area contributed by atoms with Gasteiger partial charge in [0.2, 0.25) is 0 Å². The summed E-state index contributed by atoms with van der Waals surface area (Å²) in [6.45, 7) is 10.5. The molecule has 0 aliphatic carbocycles. The Bertz CT molecular complexity index is 830. The maximum atomic E-state index is 11.8. The molecule has 0 aliphatic rings. The lowest BCUT2D eigenvalue weighted by atomic mass is 10.2. The van der Waals surface area contributed by atoms with Crippen LogP contribution in [0.15, 0.2) is 48.5 Å². The summed E-state index contributed by atoms with van der Waals surface area (Å²) in [6.07, 6.45) is 0. The number of nitro groups is 1. The van der Waals surface area contributed by atoms with Crippen LogP contribution >= 0.6 is 0 Å². The van der Waals surface area contributed by atoms with Gasteiger partial charge in [-0.25, -0.2) is 0 Å². The van der Waals surface area contributed by atoms with E-state index in [0.717, 1.165) is 20.2 Å². The molecule has 176 valence electrons. The van der Waals surface area contributed by atoms with Gasteiger partial charge in [0.25, 0.3) is 17.5 Å². The van der Waals surface area contributed by atoms with Crippen LogP contribution in [0.5, 0.6) is 0 Å². The van der Waals surface area contributed by atoms with Crippen molar-refractivity contribution in [1.82, 2.24) is 9.80 Å². The van der Waals surface area contributed by atoms with Gasteiger partial charge in [0, 0.05) is 62.2 Å². The van der Waals surface area contributed by atoms with E-state index in [0.29, 0.717) is 29.9 Å². The van der Waals surface area contributed by atoms with E-state index in [1.807, 2.05) is 27.7 Å². The lowest BCUT2D eigenvalue weighted by Gasteiger charge is -2.18. The summed E-state index contributed by atoms with van der Waals surface area (Å²) >= 11 is 0. The van der Waals surface area contributed by atoms with Gasteiger partial charge in [-0.2, -0.15) is 0 Å². The number of hydrogen-bond acceptors (Lipinski definition) is 6. The molecule has 0 unspecified atom stereocenters. The Morgan fingerprint density at radius 1 is 0.781 bits per heavy atom. The van der Waals surface area contributed by atoms with Crippen LogP contribution in [0.4, 0.5) is 11.4 Å². The van der Waals surface area contributed by atoms with Crippen molar-refractivity contribution in [1.29, 1.82) is 0 Å². The number of non-ortho nitro benzene ring substituents is 1. The summed E-state index contributed by atoms with van der Waals surface area (Å²) < 4.78 is 0. The molecule has 0 atom stereocenters. The number of nitrogens with two attached hydrogens (primary N) is 1. The average Bonchev–Trinajstić information content (AvgIpc) is 2.82. The fourth-order valence-electron chi connectivity index (χ4n) is 2.74. The number of benzene rings is 2. The number of anilines is 1. The number of hydrogen-bond donors (Lipinski definition) is 2. The summed E-state index contributed by atoms with van der Waals surface area (Å²) in [5.74, 6) is -0.0325. The molecule has 9 heteroatoms. The van der Waals surface area contributed by atoms with Gasteiger partial charge in [-0.15, -0.1) is 0 Å². The van der Waals surface area contributed by atoms with Gasteiger partial charge in [0.1, 0.15) is 0 Å². The molecule has 3 N–H and O–H groups in total. The number of nitrogen functional groups attached to an aromatic ring is 1. The van der Waals surface area contributed by atoms with Crippen molar-refractivity contribution in [3.05, 3.63) is 69.8 Å². The monoisotopic (exact) mass is 446 g/mol. The van der Waals surface area contributed by atoms with Crippen molar-refractivity contribution in [2.45, 2.75) is 27.7 Å². The van der Waals surface area contributed by atoms with Gasteiger partial charge >= 0.3 is 0 Å². The maximum Gasteiger partial charge on any atom is 0.269 e. The molecule has 0 aliphatic heterocycles. The van der Waals surface area contributed by atoms with E-state index < -0.39 is 4.92 Å². The number of amides is 2. The van der Waals surface area contributed by atoms with E-state index in [-0.39, 0.29) is 17.5 Å². The molecule has 32 heavy (non-hydrogen) atoms. The molecule has 0 radical (unpaired) electrons. The van der Waals surface area contributed by atoms with Gasteiger partial charge in [-0.05, 0) is 64.1 Å². The van der Waals surface area contributed by atoms with Gasteiger partial charge in [0.05, 0.1) is 4.92 Å². The molecule has 2 amide bonds. The first-order valence-corrected chi connectivity index (χ1v) is 10.4. The molecule has 0 heterocycles. The highest BCUT2D eigenvalue weighted by atomic mass is 16.6. The second-order valence-corrected chi connectivity index (χ2v) is 6.38. The van der Waals surface area contributed by atoms with Crippen LogP contribution in [0.2, 0.25) is 0 Å². The lowest BCUT2D eigenvalue weighted by Crippen LogP contribution is -2.30. The van der Waals surface area contributed by atoms with E-state index >= 15 is 0 Å². The zero-order valence-corrected chi connectivity index (χ0v) is 19.4. The standard InChI is InChI=1S/C11H14N2O3.C11H16N2O.CH4O/c1-3-12(4-2)11(14)9-5-7-10(8-6-9)13(15)16;1-3-13(4-2)11(14)9-5-7-10(12)8-6-9;1-2/h5-8H,3-4H2,1-2H3;5-8H,3-4,12H2,1-2H3;2H,1H3. The van der Waals surface area contributed by atoms with Crippen molar-refractivity contribution in [2.75, 3.05) is 39.0 Å². The highest BCUT2D eigenvalue weighted by molar-refractivity contribution is 5.95. The molecule has 0 spiro atoms. The first-order valence-electron chi connectivity index (χ1n) is 10.4. The number of aliphatic hydroxyl groups excluding tert-OH is 1. The molecule has 2 aromatic carbocycles. The lowest BCUT2D eigenvalue weighted by molar-refractivity contribution is -0.384. The van der Waals surface area contributed by atoms with Crippen LogP contribution < -0.4 is 5.73 Å². The number of carbonyl (C=O) groups is 2. The minimum Gasteiger partial charge on any atom is -0.400 e. The Hall–Kier alpha value is -3.46. The van der Waals surface area contributed by atoms with Crippen LogP contribution in [0, 0.1) is 10.1 Å². The third kappa shape index (κ3) is 8.73. The van der Waals surface area contributed by atoms with Crippen LogP contribution in [-0.4, -0.2) is 64.9 Å². The van der Waals surface area contributed by atoms with E-state index in [1.165, 1.54) is 24.3 Å². The predicted molar refractivity (Wildman–Crippen MR) is 127 cm³/mol. The molecular formula is C23H34N4O5. The molecule has 0 saturated heterocycles. The smallest absolute Gasteiger partial charge is 0.269 e. The number of nitro benzene ring substituents is 1. The fraction of sp³-hybridized carbons (Fsp3) is 0.391. The summed E-state index contributed by atoms with van der Waals surface area (Å²) in [4.78, 5) is 37.1. The molecule has 0 fully saturated rings. The number of nitrogens with zero attached hydrogens (tertiary/aromatic N) is 3. The number of carbonyl (C=O) groups excluding carboxylic acids is 2. The zero-order chi connectivity index (χ0) is 24.7. The van der Waals surface area contributed by atoms with E-state index in [2.05, 4.69) is 0 Å². The predicted octanol–water partition coefficient (Wildman–Crippen LogP) is 3.44. The SMILES string of the molecule is CCN(CC)C(=O)c1ccc(N)cc1.CCN(CC)C(=O)c1ccc([N+](=O)[O-])cc1.CO. The van der Waals surface area contributed by atoms with Crippen molar-refractivity contribution in [3.8, 4) is 0 Å². The van der Waals surface area contributed by atoms with Crippen molar-refractivity contribution >= 4 is 23.2 Å². The van der Waals surface area contributed by atoms with Crippen LogP contribution in [0.25, 0.3) is 0 Å². The summed E-state index contributed by atoms with van der Waals surface area (Å²) in [5, 5.41) is 17.4.